The van der Waals surface area contributed by atoms with E-state index in [1.807, 2.05) is 19.2 Å². The van der Waals surface area contributed by atoms with Crippen LogP contribution < -0.4 is 20.3 Å². The number of methoxy groups -OCH3 is 1. The normalized spacial score (nSPS) is 15.7. The molecule has 30 heavy (non-hydrogen) atoms. The van der Waals surface area contributed by atoms with E-state index in [1.54, 1.807) is 7.11 Å². The van der Waals surface area contributed by atoms with Gasteiger partial charge in [0.25, 0.3) is 0 Å². The van der Waals surface area contributed by atoms with E-state index in [-0.39, 0.29) is 6.04 Å². The highest BCUT2D eigenvalue weighted by atomic mass is 16.5. The van der Waals surface area contributed by atoms with Crippen LogP contribution in [0.5, 0.6) is 5.75 Å². The maximum Gasteiger partial charge on any atom is 0.191 e. The number of aliphatic imine (C=N–C) groups is 1. The van der Waals surface area contributed by atoms with Crippen LogP contribution >= 0.6 is 0 Å². The van der Waals surface area contributed by atoms with E-state index in [4.69, 9.17) is 4.74 Å². The van der Waals surface area contributed by atoms with Gasteiger partial charge in [-0.25, -0.2) is 0 Å². The van der Waals surface area contributed by atoms with E-state index >= 15 is 0 Å². The molecule has 0 saturated carbocycles. The van der Waals surface area contributed by atoms with Crippen molar-refractivity contribution in [2.75, 3.05) is 52.8 Å². The van der Waals surface area contributed by atoms with E-state index in [0.717, 1.165) is 37.9 Å². The summed E-state index contributed by atoms with van der Waals surface area (Å²) in [7, 11) is 7.68. The van der Waals surface area contributed by atoms with Crippen LogP contribution in [-0.4, -0.2) is 58.7 Å². The Morgan fingerprint density at radius 2 is 1.87 bits per heavy atom. The van der Waals surface area contributed by atoms with Gasteiger partial charge in [0, 0.05) is 45.5 Å². The van der Waals surface area contributed by atoms with Crippen LogP contribution in [0.2, 0.25) is 0 Å². The fraction of sp³-hybridized carbons (Fsp3) is 0.458. The molecule has 1 saturated heterocycles. The average molecular weight is 410 g/mol. The van der Waals surface area contributed by atoms with Crippen LogP contribution in [0.3, 0.4) is 0 Å². The summed E-state index contributed by atoms with van der Waals surface area (Å²) in [4.78, 5) is 9.09. The third-order valence-electron chi connectivity index (χ3n) is 5.65. The van der Waals surface area contributed by atoms with Gasteiger partial charge in [-0.2, -0.15) is 0 Å². The third-order valence-corrected chi connectivity index (χ3v) is 5.65. The zero-order chi connectivity index (χ0) is 21.3. The molecule has 0 spiro atoms. The van der Waals surface area contributed by atoms with Crippen molar-refractivity contribution >= 4 is 11.6 Å². The number of likely N-dealkylation sites (tertiary alicyclic amines) is 1. The summed E-state index contributed by atoms with van der Waals surface area (Å²) in [5, 5.41) is 6.98. The van der Waals surface area contributed by atoms with Crippen molar-refractivity contribution in [3.05, 3.63) is 59.7 Å². The summed E-state index contributed by atoms with van der Waals surface area (Å²) in [5.74, 6) is 1.75. The lowest BCUT2D eigenvalue weighted by Gasteiger charge is -2.30. The first kappa shape index (κ1) is 22.0. The summed E-state index contributed by atoms with van der Waals surface area (Å²) in [6, 6.07) is 17.1. The lowest BCUT2D eigenvalue weighted by Crippen LogP contribution is -2.42. The van der Waals surface area contributed by atoms with Crippen molar-refractivity contribution in [3.8, 4) is 5.75 Å². The first-order valence-electron chi connectivity index (χ1n) is 10.7. The van der Waals surface area contributed by atoms with Gasteiger partial charge in [0.1, 0.15) is 5.75 Å². The molecule has 1 aliphatic rings. The number of guanidine groups is 1. The fourth-order valence-corrected chi connectivity index (χ4v) is 3.98. The lowest BCUT2D eigenvalue weighted by atomic mass is 10.0. The second kappa shape index (κ2) is 10.9. The molecule has 0 radical (unpaired) electrons. The summed E-state index contributed by atoms with van der Waals surface area (Å²) in [5.41, 5.74) is 3.65. The molecule has 6 nitrogen and oxygen atoms in total. The Kier molecular flexibility index (Phi) is 7.97. The molecule has 2 N–H and O–H groups in total. The zero-order valence-electron chi connectivity index (χ0n) is 18.7. The van der Waals surface area contributed by atoms with Crippen LogP contribution in [0.4, 0.5) is 5.69 Å². The topological polar surface area (TPSA) is 52.1 Å². The van der Waals surface area contributed by atoms with Crippen molar-refractivity contribution in [1.29, 1.82) is 0 Å². The van der Waals surface area contributed by atoms with Gasteiger partial charge in [-0.3, -0.25) is 9.89 Å². The number of hydrogen-bond donors (Lipinski definition) is 2. The highest BCUT2D eigenvalue weighted by Gasteiger charge is 2.26. The third kappa shape index (κ3) is 5.66. The van der Waals surface area contributed by atoms with Gasteiger partial charge in [0.2, 0.25) is 0 Å². The molecule has 1 unspecified atom stereocenters. The van der Waals surface area contributed by atoms with Crippen molar-refractivity contribution in [1.82, 2.24) is 15.5 Å². The molecule has 2 aromatic rings. The quantitative estimate of drug-likeness (QED) is 0.518. The highest BCUT2D eigenvalue weighted by Crippen LogP contribution is 2.31. The van der Waals surface area contributed by atoms with Crippen molar-refractivity contribution in [3.63, 3.8) is 0 Å². The van der Waals surface area contributed by atoms with Crippen LogP contribution in [0.15, 0.2) is 53.5 Å². The predicted molar refractivity (Wildman–Crippen MR) is 126 cm³/mol. The summed E-state index contributed by atoms with van der Waals surface area (Å²) in [6.07, 6.45) is 2.50. The first-order chi connectivity index (χ1) is 14.6. The molecule has 1 fully saturated rings. The standard InChI is InChI=1S/C24H35N5O/c1-25-24(26-17-19-10-9-11-20(16-19)28(2)3)27-18-22(29-14-7-8-15-29)21-12-5-6-13-23(21)30-4/h5-6,9-13,16,22H,7-8,14-15,17-18H2,1-4H3,(H2,25,26,27). The van der Waals surface area contributed by atoms with Crippen LogP contribution in [0, 0.1) is 0 Å². The minimum Gasteiger partial charge on any atom is -0.496 e. The van der Waals surface area contributed by atoms with Crippen LogP contribution in [-0.2, 0) is 6.54 Å². The maximum absolute atomic E-state index is 5.65. The van der Waals surface area contributed by atoms with Gasteiger partial charge in [0.05, 0.1) is 13.2 Å². The van der Waals surface area contributed by atoms with Gasteiger partial charge in [0.15, 0.2) is 5.96 Å². The summed E-state index contributed by atoms with van der Waals surface area (Å²) >= 11 is 0. The SMILES string of the molecule is CN=C(NCc1cccc(N(C)C)c1)NCC(c1ccccc1OC)N1CCCC1. The Morgan fingerprint density at radius 1 is 1.10 bits per heavy atom. The second-order valence-electron chi connectivity index (χ2n) is 7.87. The molecule has 2 aromatic carbocycles. The number of ether oxygens (including phenoxy) is 1. The number of para-hydroxylation sites is 1. The molecule has 1 heterocycles. The van der Waals surface area contributed by atoms with Gasteiger partial charge >= 0.3 is 0 Å². The first-order valence-corrected chi connectivity index (χ1v) is 10.7. The average Bonchev–Trinajstić information content (AvgIpc) is 3.31. The van der Waals surface area contributed by atoms with Crippen molar-refractivity contribution < 1.29 is 4.74 Å². The summed E-state index contributed by atoms with van der Waals surface area (Å²) in [6.45, 7) is 3.74. The van der Waals surface area contributed by atoms with Gasteiger partial charge in [-0.15, -0.1) is 0 Å². The lowest BCUT2D eigenvalue weighted by molar-refractivity contribution is 0.239. The monoisotopic (exact) mass is 409 g/mol. The predicted octanol–water partition coefficient (Wildman–Crippen LogP) is 3.26. The molecule has 1 aliphatic heterocycles. The smallest absolute Gasteiger partial charge is 0.191 e. The molecule has 6 heteroatoms. The Balaban J connectivity index is 1.65. The van der Waals surface area contributed by atoms with E-state index in [1.165, 1.54) is 29.7 Å². The molecule has 0 aromatic heterocycles. The van der Waals surface area contributed by atoms with Crippen LogP contribution in [0.25, 0.3) is 0 Å². The molecular formula is C24H35N5O. The number of nitrogens with one attached hydrogen (secondary N) is 2. The van der Waals surface area contributed by atoms with Crippen LogP contribution in [0.1, 0.15) is 30.0 Å². The number of nitrogens with zero attached hydrogens (tertiary/aromatic N) is 3. The largest absolute Gasteiger partial charge is 0.496 e. The second-order valence-corrected chi connectivity index (χ2v) is 7.87. The highest BCUT2D eigenvalue weighted by molar-refractivity contribution is 5.79. The van der Waals surface area contributed by atoms with Gasteiger partial charge < -0.3 is 20.3 Å². The molecule has 0 amide bonds. The van der Waals surface area contributed by atoms with Gasteiger partial charge in [-0.1, -0.05) is 30.3 Å². The molecule has 0 bridgehead atoms. The minimum atomic E-state index is 0.249. The van der Waals surface area contributed by atoms with Crippen molar-refractivity contribution in [2.45, 2.75) is 25.4 Å². The van der Waals surface area contributed by atoms with Crippen molar-refractivity contribution in [2.24, 2.45) is 4.99 Å². The number of anilines is 1. The number of benzene rings is 2. The van der Waals surface area contributed by atoms with E-state index < -0.39 is 0 Å². The number of rotatable bonds is 8. The van der Waals surface area contributed by atoms with E-state index in [2.05, 4.69) is 75.9 Å². The Morgan fingerprint density at radius 3 is 2.57 bits per heavy atom. The maximum atomic E-state index is 5.65. The molecule has 162 valence electrons. The molecule has 1 atom stereocenters. The molecule has 3 rings (SSSR count). The van der Waals surface area contributed by atoms with E-state index in [9.17, 15) is 0 Å². The Bertz CT molecular complexity index is 830. The summed E-state index contributed by atoms with van der Waals surface area (Å²) < 4.78 is 5.65. The fourth-order valence-electron chi connectivity index (χ4n) is 3.98. The Labute approximate surface area is 180 Å². The Hall–Kier alpha value is -2.73. The number of hydrogen-bond acceptors (Lipinski definition) is 4. The molecular weight excluding hydrogens is 374 g/mol. The van der Waals surface area contributed by atoms with E-state index in [0.29, 0.717) is 0 Å². The van der Waals surface area contributed by atoms with Gasteiger partial charge in [-0.05, 0) is 49.7 Å². The molecule has 0 aliphatic carbocycles. The zero-order valence-corrected chi connectivity index (χ0v) is 18.7. The minimum absolute atomic E-state index is 0.249.